The molecule has 25 heavy (non-hydrogen) atoms. The maximum atomic E-state index is 13.0. The van der Waals surface area contributed by atoms with E-state index in [1.165, 1.54) is 0 Å². The second kappa shape index (κ2) is 7.56. The smallest absolute Gasteiger partial charge is 0.321 e. The molecule has 0 bridgehead atoms. The van der Waals surface area contributed by atoms with Crippen molar-refractivity contribution in [3.05, 3.63) is 34.9 Å². The molecule has 1 fully saturated rings. The summed E-state index contributed by atoms with van der Waals surface area (Å²) in [6, 6.07) is 6.59. The average Bonchev–Trinajstić information content (AvgIpc) is 2.78. The Kier molecular flexibility index (Phi) is 5.88. The zero-order chi connectivity index (χ0) is 18.8. The minimum absolute atomic E-state index is 0.134. The van der Waals surface area contributed by atoms with Gasteiger partial charge in [-0.05, 0) is 51.5 Å². The van der Waals surface area contributed by atoms with E-state index in [9.17, 15) is 14.4 Å². The van der Waals surface area contributed by atoms with Crippen molar-refractivity contribution in [2.45, 2.75) is 39.7 Å². The molecule has 1 heterocycles. The molecule has 5 nitrogen and oxygen atoms in total. The summed E-state index contributed by atoms with van der Waals surface area (Å²) in [6.45, 7) is 7.16. The van der Waals surface area contributed by atoms with Gasteiger partial charge in [-0.2, -0.15) is 0 Å². The first-order valence-corrected chi connectivity index (χ1v) is 8.80. The molecular formula is C19H23ClO5. The third-order valence-electron chi connectivity index (χ3n) is 4.66. The van der Waals surface area contributed by atoms with E-state index in [0.717, 1.165) is 0 Å². The van der Waals surface area contributed by atoms with E-state index in [1.807, 2.05) is 6.92 Å². The van der Waals surface area contributed by atoms with E-state index < -0.39 is 35.3 Å². The fourth-order valence-electron chi connectivity index (χ4n) is 3.56. The molecule has 0 N–H and O–H groups in total. The van der Waals surface area contributed by atoms with E-state index in [1.54, 1.807) is 45.0 Å². The van der Waals surface area contributed by atoms with E-state index in [2.05, 4.69) is 0 Å². The van der Waals surface area contributed by atoms with Gasteiger partial charge in [-0.25, -0.2) is 0 Å². The molecule has 2 rings (SSSR count). The Morgan fingerprint density at radius 1 is 1.24 bits per heavy atom. The Hall–Kier alpha value is -1.88. The lowest BCUT2D eigenvalue weighted by Crippen LogP contribution is -2.42. The molecule has 1 aromatic rings. The molecule has 1 saturated heterocycles. The maximum Gasteiger partial charge on any atom is 0.321 e. The molecule has 0 aliphatic carbocycles. The van der Waals surface area contributed by atoms with Crippen LogP contribution in [-0.4, -0.2) is 29.9 Å². The van der Waals surface area contributed by atoms with Gasteiger partial charge < -0.3 is 9.47 Å². The number of Topliss-reactive ketones (excluding diaryl/α,β-unsaturated/α-hetero) is 1. The van der Waals surface area contributed by atoms with Gasteiger partial charge in [0.15, 0.2) is 11.7 Å². The SMILES string of the molecule is CCOC(=O)[C@@H]1C(=O)OC(C)(C)[C@@H]1[C@@H](CC)C(=O)c1ccc(Cl)cc1. The lowest BCUT2D eigenvalue weighted by Gasteiger charge is -2.32. The monoisotopic (exact) mass is 366 g/mol. The van der Waals surface area contributed by atoms with Gasteiger partial charge in [0.25, 0.3) is 0 Å². The third-order valence-corrected chi connectivity index (χ3v) is 4.91. The molecule has 0 unspecified atom stereocenters. The highest BCUT2D eigenvalue weighted by Crippen LogP contribution is 2.44. The van der Waals surface area contributed by atoms with Crippen molar-refractivity contribution in [3.8, 4) is 0 Å². The Bertz CT molecular complexity index is 665. The lowest BCUT2D eigenvalue weighted by atomic mass is 9.70. The first-order chi connectivity index (χ1) is 11.7. The number of ether oxygens (including phenoxy) is 2. The fraction of sp³-hybridized carbons (Fsp3) is 0.526. The molecule has 0 radical (unpaired) electrons. The van der Waals surface area contributed by atoms with Crippen LogP contribution < -0.4 is 0 Å². The van der Waals surface area contributed by atoms with Gasteiger partial charge in [0.1, 0.15) is 5.60 Å². The predicted octanol–water partition coefficient (Wildman–Crippen LogP) is 3.68. The molecule has 0 aromatic heterocycles. The Morgan fingerprint density at radius 3 is 2.36 bits per heavy atom. The molecule has 0 saturated carbocycles. The minimum Gasteiger partial charge on any atom is -0.465 e. The number of ketones is 1. The van der Waals surface area contributed by atoms with Crippen molar-refractivity contribution in [1.82, 2.24) is 0 Å². The Balaban J connectivity index is 2.40. The third kappa shape index (κ3) is 3.87. The number of carbonyl (C=O) groups is 3. The van der Waals surface area contributed by atoms with Crippen LogP contribution in [0.4, 0.5) is 0 Å². The van der Waals surface area contributed by atoms with Crippen LogP contribution in [0.1, 0.15) is 44.5 Å². The summed E-state index contributed by atoms with van der Waals surface area (Å²) in [5.74, 6) is -3.62. The summed E-state index contributed by atoms with van der Waals surface area (Å²) in [5.41, 5.74) is -0.439. The Morgan fingerprint density at radius 2 is 1.84 bits per heavy atom. The summed E-state index contributed by atoms with van der Waals surface area (Å²) >= 11 is 5.88. The van der Waals surface area contributed by atoms with Crippen LogP contribution in [0.3, 0.4) is 0 Å². The van der Waals surface area contributed by atoms with Crippen LogP contribution in [0.15, 0.2) is 24.3 Å². The molecule has 1 aromatic carbocycles. The standard InChI is InChI=1S/C19H23ClO5/c1-5-13(16(21)11-7-9-12(20)10-8-11)15-14(17(22)24-6-2)18(23)25-19(15,3)4/h7-10,13-15H,5-6H2,1-4H3/t13-,14-,15-/m1/s1. The van der Waals surface area contributed by atoms with Crippen molar-refractivity contribution >= 4 is 29.3 Å². The van der Waals surface area contributed by atoms with Crippen LogP contribution in [0.5, 0.6) is 0 Å². The highest BCUT2D eigenvalue weighted by atomic mass is 35.5. The van der Waals surface area contributed by atoms with Gasteiger partial charge in [-0.3, -0.25) is 14.4 Å². The highest BCUT2D eigenvalue weighted by Gasteiger charge is 2.58. The summed E-state index contributed by atoms with van der Waals surface area (Å²) in [6.07, 6.45) is 0.474. The number of cyclic esters (lactones) is 1. The van der Waals surface area contributed by atoms with Crippen LogP contribution in [0.25, 0.3) is 0 Å². The van der Waals surface area contributed by atoms with Crippen molar-refractivity contribution in [1.29, 1.82) is 0 Å². The molecular weight excluding hydrogens is 344 g/mol. The molecule has 1 aliphatic heterocycles. The van der Waals surface area contributed by atoms with Crippen molar-refractivity contribution < 1.29 is 23.9 Å². The topological polar surface area (TPSA) is 69.7 Å². The molecule has 3 atom stereocenters. The van der Waals surface area contributed by atoms with E-state index in [4.69, 9.17) is 21.1 Å². The number of halogens is 1. The van der Waals surface area contributed by atoms with Crippen LogP contribution in [-0.2, 0) is 19.1 Å². The Labute approximate surface area is 152 Å². The molecule has 6 heteroatoms. The summed E-state index contributed by atoms with van der Waals surface area (Å²) in [7, 11) is 0. The van der Waals surface area contributed by atoms with Gasteiger partial charge in [-0.1, -0.05) is 18.5 Å². The van der Waals surface area contributed by atoms with Crippen LogP contribution >= 0.6 is 11.6 Å². The second-order valence-corrected chi connectivity index (χ2v) is 7.10. The number of esters is 2. The van der Waals surface area contributed by atoms with E-state index in [-0.39, 0.29) is 12.4 Å². The van der Waals surface area contributed by atoms with Gasteiger partial charge in [0.2, 0.25) is 0 Å². The number of hydrogen-bond donors (Lipinski definition) is 0. The molecule has 136 valence electrons. The normalized spacial score (nSPS) is 23.0. The second-order valence-electron chi connectivity index (χ2n) is 6.67. The van der Waals surface area contributed by atoms with Crippen molar-refractivity contribution in [3.63, 3.8) is 0 Å². The first kappa shape index (κ1) is 19.4. The number of hydrogen-bond acceptors (Lipinski definition) is 5. The van der Waals surface area contributed by atoms with Gasteiger partial charge in [0, 0.05) is 22.4 Å². The van der Waals surface area contributed by atoms with E-state index >= 15 is 0 Å². The van der Waals surface area contributed by atoms with Gasteiger partial charge in [0.05, 0.1) is 6.61 Å². The van der Waals surface area contributed by atoms with Crippen molar-refractivity contribution in [2.24, 2.45) is 17.8 Å². The maximum absolute atomic E-state index is 13.0. The van der Waals surface area contributed by atoms with Gasteiger partial charge in [-0.15, -0.1) is 0 Å². The number of benzene rings is 1. The zero-order valence-electron chi connectivity index (χ0n) is 14.9. The average molecular weight is 367 g/mol. The number of carbonyl (C=O) groups excluding carboxylic acids is 3. The largest absolute Gasteiger partial charge is 0.465 e. The van der Waals surface area contributed by atoms with E-state index in [0.29, 0.717) is 17.0 Å². The first-order valence-electron chi connectivity index (χ1n) is 8.42. The summed E-state index contributed by atoms with van der Waals surface area (Å²) < 4.78 is 10.5. The fourth-order valence-corrected chi connectivity index (χ4v) is 3.69. The predicted molar refractivity (Wildman–Crippen MR) is 93.3 cm³/mol. The van der Waals surface area contributed by atoms with Crippen LogP contribution in [0.2, 0.25) is 5.02 Å². The highest BCUT2D eigenvalue weighted by molar-refractivity contribution is 6.30. The lowest BCUT2D eigenvalue weighted by molar-refractivity contribution is -0.157. The van der Waals surface area contributed by atoms with Crippen LogP contribution in [0, 0.1) is 17.8 Å². The van der Waals surface area contributed by atoms with Crippen molar-refractivity contribution in [2.75, 3.05) is 6.61 Å². The zero-order valence-corrected chi connectivity index (χ0v) is 15.6. The quantitative estimate of drug-likeness (QED) is 0.436. The minimum atomic E-state index is -1.09. The molecule has 0 spiro atoms. The van der Waals surface area contributed by atoms with Gasteiger partial charge >= 0.3 is 11.9 Å². The molecule has 1 aliphatic rings. The summed E-state index contributed by atoms with van der Waals surface area (Å²) in [5, 5.41) is 0.536. The summed E-state index contributed by atoms with van der Waals surface area (Å²) in [4.78, 5) is 37.6. The molecule has 0 amide bonds. The number of rotatable bonds is 6.